The number of rotatable bonds is 3. The Labute approximate surface area is 182 Å². The van der Waals surface area contributed by atoms with Crippen LogP contribution in [0.1, 0.15) is 26.3 Å². The lowest BCUT2D eigenvalue weighted by atomic mass is 10.1. The lowest BCUT2D eigenvalue weighted by molar-refractivity contribution is -0.113. The molecule has 0 fully saturated rings. The summed E-state index contributed by atoms with van der Waals surface area (Å²) < 4.78 is 5.63. The molecule has 0 aliphatic carbocycles. The molecule has 0 saturated heterocycles. The van der Waals surface area contributed by atoms with Gasteiger partial charge in [-0.2, -0.15) is 0 Å². The lowest BCUT2D eigenvalue weighted by Crippen LogP contribution is -2.29. The highest BCUT2D eigenvalue weighted by molar-refractivity contribution is 6.34. The van der Waals surface area contributed by atoms with E-state index in [0.29, 0.717) is 38.8 Å². The number of hydrogen-bond donors (Lipinski definition) is 1. The maximum atomic E-state index is 12.8. The standard InChI is InChI=1S/C24H15ClN2O4/c25-16-8-9-21-14(11-16)10-15(13-31-21)22(28)26-17-4-3-5-18(12-17)27-23(29)19-6-1-2-7-20(19)24(27)30/h1-12H,13H2,(H,26,28). The molecule has 0 saturated carbocycles. The summed E-state index contributed by atoms with van der Waals surface area (Å²) in [6.45, 7) is 0.124. The molecule has 0 spiro atoms. The molecule has 2 aliphatic heterocycles. The van der Waals surface area contributed by atoms with Crippen molar-refractivity contribution < 1.29 is 19.1 Å². The van der Waals surface area contributed by atoms with E-state index in [9.17, 15) is 14.4 Å². The average Bonchev–Trinajstić information content (AvgIpc) is 3.03. The third-order valence-corrected chi connectivity index (χ3v) is 5.37. The molecule has 3 aromatic carbocycles. The van der Waals surface area contributed by atoms with Crippen LogP contribution in [0.3, 0.4) is 0 Å². The van der Waals surface area contributed by atoms with E-state index in [1.54, 1.807) is 72.8 Å². The van der Waals surface area contributed by atoms with Crippen molar-refractivity contribution in [2.45, 2.75) is 0 Å². The highest BCUT2D eigenvalue weighted by atomic mass is 35.5. The van der Waals surface area contributed by atoms with Gasteiger partial charge in [-0.3, -0.25) is 14.4 Å². The quantitative estimate of drug-likeness (QED) is 0.618. The minimum atomic E-state index is -0.388. The van der Waals surface area contributed by atoms with Crippen LogP contribution in [0, 0.1) is 0 Å². The van der Waals surface area contributed by atoms with Crippen LogP contribution in [0.2, 0.25) is 5.02 Å². The predicted molar refractivity (Wildman–Crippen MR) is 118 cm³/mol. The first-order chi connectivity index (χ1) is 15.0. The minimum Gasteiger partial charge on any atom is -0.488 e. The van der Waals surface area contributed by atoms with E-state index in [1.165, 1.54) is 0 Å². The molecule has 31 heavy (non-hydrogen) atoms. The molecule has 0 aromatic heterocycles. The number of nitrogens with zero attached hydrogens (tertiary/aromatic N) is 1. The minimum absolute atomic E-state index is 0.124. The fourth-order valence-electron chi connectivity index (χ4n) is 3.64. The first-order valence-corrected chi connectivity index (χ1v) is 9.91. The van der Waals surface area contributed by atoms with E-state index in [-0.39, 0.29) is 24.3 Å². The SMILES string of the molecule is O=C(Nc1cccc(N2C(=O)c3ccccc3C2=O)c1)C1=Cc2cc(Cl)ccc2OC1. The molecule has 0 unspecified atom stereocenters. The van der Waals surface area contributed by atoms with Gasteiger partial charge in [0.05, 0.1) is 22.4 Å². The van der Waals surface area contributed by atoms with Crippen LogP contribution in [0.25, 0.3) is 6.08 Å². The second-order valence-electron chi connectivity index (χ2n) is 7.14. The third kappa shape index (κ3) is 3.37. The molecule has 5 rings (SSSR count). The van der Waals surface area contributed by atoms with E-state index >= 15 is 0 Å². The second-order valence-corrected chi connectivity index (χ2v) is 7.57. The molecule has 3 aromatic rings. The van der Waals surface area contributed by atoms with Crippen LogP contribution in [0.4, 0.5) is 11.4 Å². The molecule has 0 bridgehead atoms. The predicted octanol–water partition coefficient (Wildman–Crippen LogP) is 4.56. The Morgan fingerprint density at radius 1 is 0.935 bits per heavy atom. The van der Waals surface area contributed by atoms with E-state index in [1.807, 2.05) is 0 Å². The summed E-state index contributed by atoms with van der Waals surface area (Å²) in [5.41, 5.74) is 2.73. The zero-order valence-electron chi connectivity index (χ0n) is 16.1. The number of nitrogens with one attached hydrogen (secondary N) is 1. The lowest BCUT2D eigenvalue weighted by Gasteiger charge is -2.18. The number of ether oxygens (including phenoxy) is 1. The van der Waals surface area contributed by atoms with Gasteiger partial charge in [-0.1, -0.05) is 29.8 Å². The molecular formula is C24H15ClN2O4. The summed E-state index contributed by atoms with van der Waals surface area (Å²) >= 11 is 6.03. The summed E-state index contributed by atoms with van der Waals surface area (Å²) in [6.07, 6.45) is 1.73. The maximum absolute atomic E-state index is 12.8. The van der Waals surface area contributed by atoms with Crippen molar-refractivity contribution in [3.63, 3.8) is 0 Å². The summed E-state index contributed by atoms with van der Waals surface area (Å²) in [7, 11) is 0. The van der Waals surface area contributed by atoms with Gasteiger partial charge in [-0.15, -0.1) is 0 Å². The number of carbonyl (C=O) groups excluding carboxylic acids is 3. The van der Waals surface area contributed by atoms with Crippen LogP contribution >= 0.6 is 11.6 Å². The number of benzene rings is 3. The van der Waals surface area contributed by atoms with Gasteiger partial charge in [0.1, 0.15) is 12.4 Å². The molecule has 6 nitrogen and oxygen atoms in total. The number of fused-ring (bicyclic) bond motifs is 2. The molecule has 2 heterocycles. The molecule has 0 atom stereocenters. The number of halogens is 1. The number of hydrogen-bond acceptors (Lipinski definition) is 4. The molecule has 3 amide bonds. The Morgan fingerprint density at radius 3 is 2.42 bits per heavy atom. The first kappa shape index (κ1) is 19.1. The molecule has 152 valence electrons. The smallest absolute Gasteiger partial charge is 0.266 e. The maximum Gasteiger partial charge on any atom is 0.266 e. The summed E-state index contributed by atoms with van der Waals surface area (Å²) in [5.74, 6) is -0.458. The molecule has 7 heteroatoms. The van der Waals surface area contributed by atoms with Crippen molar-refractivity contribution in [1.29, 1.82) is 0 Å². The van der Waals surface area contributed by atoms with Crippen LogP contribution in [0.15, 0.2) is 72.3 Å². The van der Waals surface area contributed by atoms with Gasteiger partial charge in [0.15, 0.2) is 0 Å². The van der Waals surface area contributed by atoms with Crippen molar-refractivity contribution in [1.82, 2.24) is 0 Å². The molecule has 0 radical (unpaired) electrons. The highest BCUT2D eigenvalue weighted by Gasteiger charge is 2.36. The Balaban J connectivity index is 1.39. The highest BCUT2D eigenvalue weighted by Crippen LogP contribution is 2.31. The zero-order chi connectivity index (χ0) is 21.5. The second kappa shape index (κ2) is 7.41. The van der Waals surface area contributed by atoms with Crippen LogP contribution in [-0.2, 0) is 4.79 Å². The van der Waals surface area contributed by atoms with Gasteiger partial charge >= 0.3 is 0 Å². The zero-order valence-corrected chi connectivity index (χ0v) is 16.8. The normalized spacial score (nSPS) is 14.5. The molecular weight excluding hydrogens is 416 g/mol. The number of anilines is 2. The van der Waals surface area contributed by atoms with Crippen molar-refractivity contribution >= 4 is 46.8 Å². The summed E-state index contributed by atoms with van der Waals surface area (Å²) in [6, 6.07) is 18.5. The van der Waals surface area contributed by atoms with Crippen LogP contribution in [-0.4, -0.2) is 24.3 Å². The van der Waals surface area contributed by atoms with Gasteiger partial charge in [0.2, 0.25) is 0 Å². The molecule has 1 N–H and O–H groups in total. The van der Waals surface area contributed by atoms with E-state index in [0.717, 1.165) is 10.5 Å². The third-order valence-electron chi connectivity index (χ3n) is 5.13. The van der Waals surface area contributed by atoms with Gasteiger partial charge in [0.25, 0.3) is 17.7 Å². The average molecular weight is 431 g/mol. The monoisotopic (exact) mass is 430 g/mol. The number of amides is 3. The Bertz CT molecular complexity index is 1260. The van der Waals surface area contributed by atoms with Gasteiger partial charge in [0, 0.05) is 16.3 Å². The summed E-state index contributed by atoms with van der Waals surface area (Å²) in [4.78, 5) is 39.3. The topological polar surface area (TPSA) is 75.7 Å². The number of carbonyl (C=O) groups is 3. The van der Waals surface area contributed by atoms with Crippen LogP contribution in [0.5, 0.6) is 5.75 Å². The summed E-state index contributed by atoms with van der Waals surface area (Å²) in [5, 5.41) is 3.35. The van der Waals surface area contributed by atoms with E-state index in [4.69, 9.17) is 16.3 Å². The van der Waals surface area contributed by atoms with Crippen molar-refractivity contribution in [3.05, 3.63) is 94.0 Å². The van der Waals surface area contributed by atoms with Crippen molar-refractivity contribution in [2.75, 3.05) is 16.8 Å². The molecule has 2 aliphatic rings. The Morgan fingerprint density at radius 2 is 1.68 bits per heavy atom. The van der Waals surface area contributed by atoms with Gasteiger partial charge in [-0.25, -0.2) is 4.90 Å². The van der Waals surface area contributed by atoms with Gasteiger partial charge < -0.3 is 10.1 Å². The Kier molecular flexibility index (Phi) is 4.56. The fourth-order valence-corrected chi connectivity index (χ4v) is 3.82. The van der Waals surface area contributed by atoms with E-state index in [2.05, 4.69) is 5.32 Å². The number of imide groups is 1. The van der Waals surface area contributed by atoms with Crippen LogP contribution < -0.4 is 15.0 Å². The Hall–Kier alpha value is -3.90. The van der Waals surface area contributed by atoms with Crippen molar-refractivity contribution in [3.8, 4) is 5.75 Å². The van der Waals surface area contributed by atoms with Gasteiger partial charge in [-0.05, 0) is 54.6 Å². The fraction of sp³-hybridized carbons (Fsp3) is 0.0417. The largest absolute Gasteiger partial charge is 0.488 e. The van der Waals surface area contributed by atoms with Crippen molar-refractivity contribution in [2.24, 2.45) is 0 Å². The first-order valence-electron chi connectivity index (χ1n) is 9.53. The van der Waals surface area contributed by atoms with E-state index < -0.39 is 0 Å².